The molecule has 0 aliphatic heterocycles. The van der Waals surface area contributed by atoms with Crippen LogP contribution in [0, 0.1) is 13.8 Å². The van der Waals surface area contributed by atoms with E-state index in [2.05, 4.69) is 126 Å². The summed E-state index contributed by atoms with van der Waals surface area (Å²) >= 11 is 14.6. The van der Waals surface area contributed by atoms with Crippen LogP contribution in [0.25, 0.3) is 68.3 Å². The van der Waals surface area contributed by atoms with Gasteiger partial charge in [-0.25, -0.2) is 0 Å². The lowest BCUT2D eigenvalue weighted by atomic mass is 10.3. The Morgan fingerprint density at radius 1 is 0.438 bits per heavy atom. The molecule has 0 N–H and O–H groups in total. The molecule has 1 atom stereocenters. The summed E-state index contributed by atoms with van der Waals surface area (Å²) in [5, 5.41) is 1.93. The van der Waals surface area contributed by atoms with E-state index in [1.165, 1.54) is 63.8 Å². The zero-order chi connectivity index (χ0) is 44.6. The van der Waals surface area contributed by atoms with Gasteiger partial charge in [-0.3, -0.25) is 4.57 Å². The van der Waals surface area contributed by atoms with Gasteiger partial charge in [-0.2, -0.15) is 0 Å². The largest absolute Gasteiger partial charge is 0.362 e. The summed E-state index contributed by atoms with van der Waals surface area (Å²) in [5.74, 6) is 0. The maximum absolute atomic E-state index is 15.5. The summed E-state index contributed by atoms with van der Waals surface area (Å²) in [7, 11) is -4.68. The van der Waals surface area contributed by atoms with Crippen LogP contribution in [0.4, 0.5) is 0 Å². The molecule has 14 heteroatoms. The highest BCUT2D eigenvalue weighted by molar-refractivity contribution is 7.64. The van der Waals surface area contributed by atoms with E-state index in [1.54, 1.807) is 22.7 Å². The lowest BCUT2D eigenvalue weighted by Gasteiger charge is -2.21. The molecule has 8 heterocycles. The molecule has 8 rings (SSSR count). The lowest BCUT2D eigenvalue weighted by Crippen LogP contribution is -2.14. The van der Waals surface area contributed by atoms with Crippen LogP contribution in [0.1, 0.15) is 88.8 Å². The average molecular weight is 1040 g/mol. The predicted molar refractivity (Wildman–Crippen MR) is 293 cm³/mol. The molecule has 0 fully saturated rings. The van der Waals surface area contributed by atoms with E-state index in [1.807, 2.05) is 68.0 Å². The van der Waals surface area contributed by atoms with Crippen LogP contribution >= 0.6 is 106 Å². The van der Waals surface area contributed by atoms with Crippen molar-refractivity contribution in [2.24, 2.45) is 0 Å². The highest BCUT2D eigenvalue weighted by atomic mass is 32.1. The minimum Gasteiger partial charge on any atom is -0.354 e. The van der Waals surface area contributed by atoms with Gasteiger partial charge in [0.05, 0.1) is 43.0 Å². The van der Waals surface area contributed by atoms with Crippen molar-refractivity contribution in [3.63, 3.8) is 0 Å². The van der Waals surface area contributed by atoms with Gasteiger partial charge in [-0.05, 0) is 131 Å². The quantitative estimate of drug-likeness (QED) is 0.0447. The SMILES string of the molecule is CCCCOP(CCCC)c1cc(-c2ccc(-c3ccc(-c4ccc(C)s4)s3)s2)sc1-c1sc(-c2ccc(-c3ccc(-c4ccc(C)s4)s3)s2)cc1P(=O)(OCCCC)OCCCC. The van der Waals surface area contributed by atoms with Crippen LogP contribution < -0.4 is 10.6 Å². The average Bonchev–Trinajstić information content (AvgIpc) is 4.13. The molecule has 0 aromatic carbocycles. The monoisotopic (exact) mass is 1040 g/mol. The van der Waals surface area contributed by atoms with Crippen molar-refractivity contribution in [2.75, 3.05) is 26.0 Å². The maximum Gasteiger partial charge on any atom is 0.362 e. The molecule has 4 nitrogen and oxygen atoms in total. The Balaban J connectivity index is 1.24. The van der Waals surface area contributed by atoms with Gasteiger partial charge in [0.15, 0.2) is 0 Å². The summed E-state index contributed by atoms with van der Waals surface area (Å²) in [6, 6.07) is 31.5. The molecule has 0 saturated carbocycles. The molecule has 0 saturated heterocycles. The van der Waals surface area contributed by atoms with E-state index in [0.29, 0.717) is 18.5 Å². The van der Waals surface area contributed by atoms with Gasteiger partial charge in [0.2, 0.25) is 0 Å². The number of rotatable bonds is 24. The maximum atomic E-state index is 15.5. The molecule has 0 aliphatic carbocycles. The number of hydrogen-bond acceptors (Lipinski definition) is 12. The third kappa shape index (κ3) is 11.5. The molecule has 0 bridgehead atoms. The third-order valence-corrected chi connectivity index (χ3v) is 24.9. The Bertz CT molecular complexity index is 2750. The number of unbranched alkanes of at least 4 members (excludes halogenated alkanes) is 4. The Kier molecular flexibility index (Phi) is 17.4. The van der Waals surface area contributed by atoms with Crippen LogP contribution in [0.5, 0.6) is 0 Å². The van der Waals surface area contributed by atoms with E-state index in [4.69, 9.17) is 13.6 Å². The molecule has 64 heavy (non-hydrogen) atoms. The molecule has 0 radical (unpaired) electrons. The Hall–Kier alpha value is -1.86. The summed E-state index contributed by atoms with van der Waals surface area (Å²) in [6.07, 6.45) is 8.82. The molecule has 0 aliphatic rings. The van der Waals surface area contributed by atoms with Gasteiger partial charge in [0, 0.05) is 73.6 Å². The van der Waals surface area contributed by atoms with Gasteiger partial charge < -0.3 is 13.6 Å². The van der Waals surface area contributed by atoms with E-state index in [9.17, 15) is 0 Å². The van der Waals surface area contributed by atoms with E-state index >= 15 is 4.57 Å². The van der Waals surface area contributed by atoms with Crippen molar-refractivity contribution in [2.45, 2.75) is 92.9 Å². The molecule has 8 aromatic heterocycles. The molecular weight excluding hydrogens is 983 g/mol. The minimum atomic E-state index is -3.74. The first kappa shape index (κ1) is 48.6. The van der Waals surface area contributed by atoms with Crippen molar-refractivity contribution >= 4 is 117 Å². The predicted octanol–water partition coefficient (Wildman–Crippen LogP) is 19.6. The minimum absolute atomic E-state index is 0.387. The molecule has 0 amide bonds. The third-order valence-electron chi connectivity index (χ3n) is 10.5. The van der Waals surface area contributed by atoms with Crippen LogP contribution in [-0.4, -0.2) is 26.0 Å². The van der Waals surface area contributed by atoms with E-state index < -0.39 is 15.7 Å². The van der Waals surface area contributed by atoms with Crippen LogP contribution in [0.2, 0.25) is 0 Å². The normalized spacial score (nSPS) is 12.5. The lowest BCUT2D eigenvalue weighted by molar-refractivity contribution is 0.209. The number of hydrogen-bond donors (Lipinski definition) is 0. The highest BCUT2D eigenvalue weighted by Gasteiger charge is 2.36. The number of thiophene rings is 8. The molecule has 0 spiro atoms. The summed E-state index contributed by atoms with van der Waals surface area (Å²) in [6.45, 7) is 14.6. The summed E-state index contributed by atoms with van der Waals surface area (Å²) in [5.41, 5.74) is 0. The Morgan fingerprint density at radius 2 is 0.812 bits per heavy atom. The van der Waals surface area contributed by atoms with Crippen molar-refractivity contribution in [3.05, 3.63) is 94.7 Å². The van der Waals surface area contributed by atoms with Crippen LogP contribution in [0.15, 0.2) is 84.9 Å². The van der Waals surface area contributed by atoms with Gasteiger partial charge in [0.25, 0.3) is 0 Å². The topological polar surface area (TPSA) is 44.8 Å². The standard InChI is InChI=1S/C50H56O4P2S8/c1-7-11-27-52-55(30-14-10-4)35-31-47(45-25-23-43(61-45)41-21-19-39(59-41)37-17-15-33(5)57-37)63-49(35)50-36(56(51,53-28-12-8-2)54-29-13-9-3)32-48(64-50)46-26-24-44(62-46)42-22-20-40(60-42)38-18-16-34(6)58-38/h15-26,31-32H,7-14,27-30H2,1-6H3. The zero-order valence-corrected chi connectivity index (χ0v) is 45.7. The van der Waals surface area contributed by atoms with Crippen LogP contribution in [0.3, 0.4) is 0 Å². The molecule has 8 aromatic rings. The fraction of sp³-hybridized carbons (Fsp3) is 0.360. The Morgan fingerprint density at radius 3 is 1.23 bits per heavy atom. The van der Waals surface area contributed by atoms with Gasteiger partial charge in [-0.1, -0.05) is 53.4 Å². The zero-order valence-electron chi connectivity index (χ0n) is 37.4. The molecular formula is C50H56O4P2S8. The first-order valence-electron chi connectivity index (χ1n) is 22.3. The van der Waals surface area contributed by atoms with Crippen molar-refractivity contribution < 1.29 is 18.1 Å². The van der Waals surface area contributed by atoms with Crippen molar-refractivity contribution in [1.82, 2.24) is 0 Å². The first-order chi connectivity index (χ1) is 31.2. The second-order valence-electron chi connectivity index (χ2n) is 15.6. The fourth-order valence-electron chi connectivity index (χ4n) is 6.97. The summed E-state index contributed by atoms with van der Waals surface area (Å²) in [4.78, 5) is 19.8. The first-order valence-corrected chi connectivity index (χ1v) is 31.8. The van der Waals surface area contributed by atoms with Gasteiger partial charge in [0.1, 0.15) is 0 Å². The molecule has 338 valence electrons. The smallest absolute Gasteiger partial charge is 0.354 e. The Labute approximate surface area is 413 Å². The fourth-order valence-corrected chi connectivity index (χ4v) is 20.6. The number of aryl methyl sites for hydroxylation is 2. The molecule has 1 unspecified atom stereocenters. The van der Waals surface area contributed by atoms with Gasteiger partial charge in [-0.15, -0.1) is 90.7 Å². The second kappa shape index (κ2) is 23.0. The van der Waals surface area contributed by atoms with Crippen LogP contribution in [-0.2, 0) is 18.1 Å². The van der Waals surface area contributed by atoms with E-state index in [-0.39, 0.29) is 0 Å². The highest BCUT2D eigenvalue weighted by Crippen LogP contribution is 2.57. The summed E-state index contributed by atoms with van der Waals surface area (Å²) < 4.78 is 35.4. The van der Waals surface area contributed by atoms with Crippen molar-refractivity contribution in [1.29, 1.82) is 0 Å². The van der Waals surface area contributed by atoms with E-state index in [0.717, 1.165) is 83.6 Å². The van der Waals surface area contributed by atoms with Crippen molar-refractivity contribution in [3.8, 4) is 68.3 Å². The van der Waals surface area contributed by atoms with Gasteiger partial charge >= 0.3 is 7.60 Å². The second-order valence-corrected chi connectivity index (χ2v) is 28.6.